The van der Waals surface area contributed by atoms with Crippen LogP contribution >= 0.6 is 0 Å². The summed E-state index contributed by atoms with van der Waals surface area (Å²) in [6.45, 7) is 3.02. The fourth-order valence-electron chi connectivity index (χ4n) is 3.18. The second-order valence-corrected chi connectivity index (χ2v) is 6.77. The number of nitriles is 1. The Balaban J connectivity index is 1.51. The van der Waals surface area contributed by atoms with Crippen molar-refractivity contribution in [1.29, 1.82) is 5.26 Å². The summed E-state index contributed by atoms with van der Waals surface area (Å²) in [6, 6.07) is 8.39. The van der Waals surface area contributed by atoms with E-state index in [0.29, 0.717) is 11.7 Å². The maximum atomic E-state index is 8.99. The molecule has 0 radical (unpaired) electrons. The molecule has 0 N–H and O–H groups in total. The highest BCUT2D eigenvalue weighted by atomic mass is 16.5. The van der Waals surface area contributed by atoms with Crippen molar-refractivity contribution in [3.63, 3.8) is 0 Å². The third-order valence-corrected chi connectivity index (χ3v) is 4.91. The zero-order chi connectivity index (χ0) is 17.5. The third-order valence-electron chi connectivity index (χ3n) is 4.91. The maximum absolute atomic E-state index is 8.99. The van der Waals surface area contributed by atoms with E-state index in [4.69, 9.17) is 9.78 Å². The van der Waals surface area contributed by atoms with Crippen molar-refractivity contribution in [3.05, 3.63) is 35.7 Å². The summed E-state index contributed by atoms with van der Waals surface area (Å²) in [5.41, 5.74) is 2.32. The van der Waals surface area contributed by atoms with Gasteiger partial charge in [-0.15, -0.1) is 0 Å². The quantitative estimate of drug-likeness (QED) is 0.482. The fraction of sp³-hybridized carbons (Fsp3) is 0.550. The number of nitrogens with zero attached hydrogens (tertiary/aromatic N) is 4. The minimum absolute atomic E-state index is 0.0433. The van der Waals surface area contributed by atoms with Crippen molar-refractivity contribution in [2.45, 2.75) is 64.3 Å². The average Bonchev–Trinajstić information content (AvgIpc) is 3.07. The summed E-state index contributed by atoms with van der Waals surface area (Å²) in [5, 5.41) is 13.1. The molecule has 0 saturated carbocycles. The zero-order valence-electron chi connectivity index (χ0n) is 14.9. The summed E-state index contributed by atoms with van der Waals surface area (Å²) in [5.74, 6) is 1.14. The molecule has 2 aromatic rings. The molecule has 3 rings (SSSR count). The Bertz CT molecular complexity index is 701. The average molecular weight is 338 g/mol. The Morgan fingerprint density at radius 3 is 2.60 bits per heavy atom. The first-order valence-electron chi connectivity index (χ1n) is 9.41. The van der Waals surface area contributed by atoms with Crippen molar-refractivity contribution in [2.75, 3.05) is 6.54 Å². The fourth-order valence-corrected chi connectivity index (χ4v) is 3.18. The van der Waals surface area contributed by atoms with Crippen LogP contribution in [-0.2, 0) is 6.42 Å². The monoisotopic (exact) mass is 338 g/mol. The Morgan fingerprint density at radius 2 is 1.92 bits per heavy atom. The first-order chi connectivity index (χ1) is 12.3. The summed E-state index contributed by atoms with van der Waals surface area (Å²) >= 11 is 0. The first-order valence-corrected chi connectivity index (χ1v) is 9.41. The number of rotatable bonds is 9. The molecule has 1 aliphatic heterocycles. The van der Waals surface area contributed by atoms with Crippen molar-refractivity contribution >= 4 is 0 Å². The van der Waals surface area contributed by atoms with Gasteiger partial charge in [0.05, 0.1) is 0 Å². The van der Waals surface area contributed by atoms with E-state index in [9.17, 15) is 0 Å². The van der Waals surface area contributed by atoms with E-state index in [2.05, 4.69) is 47.5 Å². The molecule has 1 aromatic heterocycles. The summed E-state index contributed by atoms with van der Waals surface area (Å²) < 4.78 is 5.34. The molecule has 0 amide bonds. The van der Waals surface area contributed by atoms with Gasteiger partial charge in [0.15, 0.2) is 6.19 Å². The van der Waals surface area contributed by atoms with Crippen LogP contribution in [0.1, 0.15) is 69.4 Å². The molecule has 1 unspecified atom stereocenters. The lowest BCUT2D eigenvalue weighted by atomic mass is 10.0. The molecule has 5 heteroatoms. The van der Waals surface area contributed by atoms with Crippen molar-refractivity contribution in [2.24, 2.45) is 0 Å². The minimum atomic E-state index is -0.0433. The van der Waals surface area contributed by atoms with Gasteiger partial charge >= 0.3 is 0 Å². The Morgan fingerprint density at radius 1 is 1.16 bits per heavy atom. The van der Waals surface area contributed by atoms with Crippen LogP contribution in [0.15, 0.2) is 28.8 Å². The van der Waals surface area contributed by atoms with Crippen LogP contribution in [-0.4, -0.2) is 21.6 Å². The van der Waals surface area contributed by atoms with Crippen LogP contribution in [0, 0.1) is 11.5 Å². The molecule has 1 atom stereocenters. The third kappa shape index (κ3) is 4.39. The molecular formula is C20H26N4O. The SMILES string of the molecule is CCCCCCCCc1ccc(-c2noc(C3CCN3C#N)n2)cc1. The second kappa shape index (κ2) is 8.66. The number of aryl methyl sites for hydroxylation is 1. The molecule has 2 heterocycles. The van der Waals surface area contributed by atoms with Crippen LogP contribution in [0.25, 0.3) is 11.4 Å². The number of unbranched alkanes of at least 4 members (excludes halogenated alkanes) is 5. The van der Waals surface area contributed by atoms with E-state index < -0.39 is 0 Å². The van der Waals surface area contributed by atoms with Gasteiger partial charge in [0.2, 0.25) is 5.82 Å². The second-order valence-electron chi connectivity index (χ2n) is 6.77. The lowest BCUT2D eigenvalue weighted by molar-refractivity contribution is 0.129. The standard InChI is InChI=1S/C20H26N4O/c1-2-3-4-5-6-7-8-16-9-11-17(12-10-16)19-22-20(25-23-19)18-13-14-24(18)15-21/h9-12,18H,2-8,13-14H2,1H3. The van der Waals surface area contributed by atoms with Crippen LogP contribution in [0.5, 0.6) is 0 Å². The van der Waals surface area contributed by atoms with Crippen LogP contribution in [0.2, 0.25) is 0 Å². The molecule has 5 nitrogen and oxygen atoms in total. The number of likely N-dealkylation sites (tertiary alicyclic amines) is 1. The van der Waals surface area contributed by atoms with E-state index in [-0.39, 0.29) is 6.04 Å². The summed E-state index contributed by atoms with van der Waals surface area (Å²) in [6.07, 6.45) is 12.1. The topological polar surface area (TPSA) is 66.0 Å². The Labute approximate surface area is 149 Å². The summed E-state index contributed by atoms with van der Waals surface area (Å²) in [4.78, 5) is 6.13. The highest BCUT2D eigenvalue weighted by Crippen LogP contribution is 2.32. The maximum Gasteiger partial charge on any atom is 0.250 e. The molecule has 25 heavy (non-hydrogen) atoms. The van der Waals surface area contributed by atoms with Crippen molar-refractivity contribution in [3.8, 4) is 17.6 Å². The minimum Gasteiger partial charge on any atom is -0.337 e. The van der Waals surface area contributed by atoms with Gasteiger partial charge in [-0.2, -0.15) is 10.2 Å². The molecule has 1 saturated heterocycles. The van der Waals surface area contributed by atoms with Gasteiger partial charge in [-0.3, -0.25) is 4.90 Å². The van der Waals surface area contributed by atoms with Gasteiger partial charge in [0.1, 0.15) is 6.04 Å². The molecule has 0 bridgehead atoms. The number of aromatic nitrogens is 2. The predicted octanol–water partition coefficient (Wildman–Crippen LogP) is 4.87. The molecule has 0 spiro atoms. The number of hydrogen-bond donors (Lipinski definition) is 0. The molecule has 0 aliphatic carbocycles. The van der Waals surface area contributed by atoms with E-state index in [1.807, 2.05) is 0 Å². The van der Waals surface area contributed by atoms with E-state index in [1.54, 1.807) is 4.90 Å². The van der Waals surface area contributed by atoms with Crippen LogP contribution in [0.4, 0.5) is 0 Å². The van der Waals surface area contributed by atoms with Crippen molar-refractivity contribution in [1.82, 2.24) is 15.0 Å². The van der Waals surface area contributed by atoms with Gasteiger partial charge in [-0.25, -0.2) is 0 Å². The molecule has 1 aliphatic rings. The largest absolute Gasteiger partial charge is 0.337 e. The number of benzene rings is 1. The van der Waals surface area contributed by atoms with Gasteiger partial charge in [0, 0.05) is 12.1 Å². The highest BCUT2D eigenvalue weighted by molar-refractivity contribution is 5.54. The van der Waals surface area contributed by atoms with E-state index in [1.165, 1.54) is 44.1 Å². The van der Waals surface area contributed by atoms with Crippen LogP contribution in [0.3, 0.4) is 0 Å². The molecule has 1 aromatic carbocycles. The van der Waals surface area contributed by atoms with Gasteiger partial charge < -0.3 is 4.52 Å². The predicted molar refractivity (Wildman–Crippen MR) is 96.5 cm³/mol. The normalized spacial score (nSPS) is 16.5. The van der Waals surface area contributed by atoms with E-state index in [0.717, 1.165) is 24.9 Å². The van der Waals surface area contributed by atoms with Crippen LogP contribution < -0.4 is 0 Å². The smallest absolute Gasteiger partial charge is 0.250 e. The first kappa shape index (κ1) is 17.5. The number of hydrogen-bond acceptors (Lipinski definition) is 5. The van der Waals surface area contributed by atoms with Crippen molar-refractivity contribution < 1.29 is 4.52 Å². The molecule has 1 fully saturated rings. The zero-order valence-corrected chi connectivity index (χ0v) is 14.9. The van der Waals surface area contributed by atoms with Gasteiger partial charge in [-0.1, -0.05) is 68.4 Å². The van der Waals surface area contributed by atoms with Gasteiger partial charge in [0.25, 0.3) is 5.89 Å². The lowest BCUT2D eigenvalue weighted by Crippen LogP contribution is -2.37. The molecule has 132 valence electrons. The molecular weight excluding hydrogens is 312 g/mol. The Kier molecular flexibility index (Phi) is 6.05. The highest BCUT2D eigenvalue weighted by Gasteiger charge is 2.33. The Hall–Kier alpha value is -2.35. The lowest BCUT2D eigenvalue weighted by Gasteiger charge is -2.33. The van der Waals surface area contributed by atoms with E-state index >= 15 is 0 Å². The summed E-state index contributed by atoms with van der Waals surface area (Å²) in [7, 11) is 0. The van der Waals surface area contributed by atoms with Gasteiger partial charge in [-0.05, 0) is 24.8 Å².